The standard InChI is InChI=1S/C21H24N2O3/c1-3-18-17(14-8-6-7-11-19(14)26-18)12-22(2)13-23-20(24)15-9-4-5-10-16(15)21(23)25/h4-8,11,15-16H,3,9-10,12-13H2,1-2H3/t15-,16+. The molecule has 0 radical (unpaired) electrons. The number of imide groups is 1. The molecule has 2 heterocycles. The number of rotatable bonds is 5. The number of allylic oxidation sites excluding steroid dienone is 2. The predicted molar refractivity (Wildman–Crippen MR) is 99.1 cm³/mol. The minimum absolute atomic E-state index is 0.0241. The molecule has 4 rings (SSSR count). The summed E-state index contributed by atoms with van der Waals surface area (Å²) in [6, 6.07) is 8.01. The van der Waals surface area contributed by atoms with Crippen LogP contribution in [0.5, 0.6) is 0 Å². The molecule has 0 bridgehead atoms. The topological polar surface area (TPSA) is 53.8 Å². The lowest BCUT2D eigenvalue weighted by atomic mass is 9.85. The van der Waals surface area contributed by atoms with Crippen molar-refractivity contribution in [1.82, 2.24) is 9.80 Å². The molecule has 0 saturated carbocycles. The Labute approximate surface area is 153 Å². The van der Waals surface area contributed by atoms with Crippen LogP contribution in [0.25, 0.3) is 11.0 Å². The first-order chi connectivity index (χ1) is 12.6. The number of aryl methyl sites for hydroxylation is 1. The summed E-state index contributed by atoms with van der Waals surface area (Å²) < 4.78 is 5.96. The summed E-state index contributed by atoms with van der Waals surface area (Å²) in [5, 5.41) is 1.10. The highest BCUT2D eigenvalue weighted by Crippen LogP contribution is 2.35. The summed E-state index contributed by atoms with van der Waals surface area (Å²) in [6.07, 6.45) is 6.22. The van der Waals surface area contributed by atoms with Gasteiger partial charge >= 0.3 is 0 Å². The number of amides is 2. The Morgan fingerprint density at radius 3 is 2.42 bits per heavy atom. The maximum Gasteiger partial charge on any atom is 0.234 e. The lowest BCUT2D eigenvalue weighted by Gasteiger charge is -2.23. The van der Waals surface area contributed by atoms with Crippen LogP contribution in [0.15, 0.2) is 40.8 Å². The highest BCUT2D eigenvalue weighted by molar-refractivity contribution is 6.05. The van der Waals surface area contributed by atoms with E-state index in [9.17, 15) is 9.59 Å². The van der Waals surface area contributed by atoms with Crippen LogP contribution in [0.2, 0.25) is 0 Å². The van der Waals surface area contributed by atoms with E-state index in [4.69, 9.17) is 4.42 Å². The molecule has 1 fully saturated rings. The summed E-state index contributed by atoms with van der Waals surface area (Å²) >= 11 is 0. The molecule has 1 aliphatic carbocycles. The van der Waals surface area contributed by atoms with E-state index in [1.54, 1.807) is 0 Å². The third-order valence-electron chi connectivity index (χ3n) is 5.51. The fraction of sp³-hybridized carbons (Fsp3) is 0.429. The van der Waals surface area contributed by atoms with E-state index < -0.39 is 0 Å². The fourth-order valence-corrected chi connectivity index (χ4v) is 4.18. The smallest absolute Gasteiger partial charge is 0.234 e. The fourth-order valence-electron chi connectivity index (χ4n) is 4.18. The van der Waals surface area contributed by atoms with Crippen molar-refractivity contribution in [3.8, 4) is 0 Å². The van der Waals surface area contributed by atoms with Crippen molar-refractivity contribution < 1.29 is 14.0 Å². The van der Waals surface area contributed by atoms with Crippen molar-refractivity contribution in [3.05, 3.63) is 47.7 Å². The van der Waals surface area contributed by atoms with Gasteiger partial charge in [-0.2, -0.15) is 0 Å². The molecule has 2 amide bonds. The minimum atomic E-state index is -0.165. The summed E-state index contributed by atoms with van der Waals surface area (Å²) in [7, 11) is 1.95. The van der Waals surface area contributed by atoms with Crippen LogP contribution < -0.4 is 0 Å². The number of carbonyl (C=O) groups is 2. The lowest BCUT2D eigenvalue weighted by molar-refractivity contribution is -0.142. The van der Waals surface area contributed by atoms with Gasteiger partial charge in [-0.05, 0) is 26.0 Å². The number of fused-ring (bicyclic) bond motifs is 2. The Morgan fingerprint density at radius 1 is 1.12 bits per heavy atom. The number of furan rings is 1. The summed E-state index contributed by atoms with van der Waals surface area (Å²) in [5.74, 6) is 0.589. The van der Waals surface area contributed by atoms with E-state index in [1.165, 1.54) is 4.90 Å². The highest BCUT2D eigenvalue weighted by atomic mass is 16.3. The van der Waals surface area contributed by atoms with Crippen LogP contribution in [0.4, 0.5) is 0 Å². The molecule has 1 aromatic heterocycles. The van der Waals surface area contributed by atoms with Gasteiger partial charge in [-0.25, -0.2) is 0 Å². The molecular formula is C21H24N2O3. The second kappa shape index (κ2) is 6.72. The number of hydrogen-bond acceptors (Lipinski definition) is 4. The Hall–Kier alpha value is -2.40. The lowest BCUT2D eigenvalue weighted by Crippen LogP contribution is -2.40. The van der Waals surface area contributed by atoms with Crippen molar-refractivity contribution >= 4 is 22.8 Å². The molecule has 1 saturated heterocycles. The molecule has 0 N–H and O–H groups in total. The zero-order valence-corrected chi connectivity index (χ0v) is 15.3. The molecule has 2 aliphatic rings. The maximum atomic E-state index is 12.6. The molecule has 0 unspecified atom stereocenters. The maximum absolute atomic E-state index is 12.6. The molecule has 1 aliphatic heterocycles. The van der Waals surface area contributed by atoms with Gasteiger partial charge in [-0.15, -0.1) is 0 Å². The monoisotopic (exact) mass is 352 g/mol. The van der Waals surface area contributed by atoms with Crippen LogP contribution in [0.3, 0.4) is 0 Å². The van der Waals surface area contributed by atoms with Crippen LogP contribution in [0.1, 0.15) is 31.1 Å². The number of carbonyl (C=O) groups excluding carboxylic acids is 2. The summed E-state index contributed by atoms with van der Waals surface area (Å²) in [6.45, 7) is 3.05. The Bertz CT molecular complexity index is 857. The number of likely N-dealkylation sites (tertiary alicyclic amines) is 1. The number of nitrogens with zero attached hydrogens (tertiary/aromatic N) is 2. The van der Waals surface area contributed by atoms with E-state index in [2.05, 4.69) is 13.0 Å². The molecule has 136 valence electrons. The second-order valence-corrected chi connectivity index (χ2v) is 7.27. The van der Waals surface area contributed by atoms with Crippen molar-refractivity contribution in [2.75, 3.05) is 13.7 Å². The van der Waals surface area contributed by atoms with Crippen LogP contribution in [-0.2, 0) is 22.6 Å². The van der Waals surface area contributed by atoms with Gasteiger partial charge in [0, 0.05) is 23.9 Å². The van der Waals surface area contributed by atoms with Gasteiger partial charge in [0.1, 0.15) is 11.3 Å². The molecule has 0 spiro atoms. The molecule has 2 atom stereocenters. The van der Waals surface area contributed by atoms with Crippen LogP contribution in [-0.4, -0.2) is 35.3 Å². The number of benzene rings is 1. The van der Waals surface area contributed by atoms with Crippen molar-refractivity contribution in [3.63, 3.8) is 0 Å². The SMILES string of the molecule is CCc1oc2ccccc2c1CN(C)CN1C(=O)[C@H]2CC=CC[C@H]2C1=O. The molecule has 26 heavy (non-hydrogen) atoms. The first kappa shape index (κ1) is 17.0. The zero-order valence-electron chi connectivity index (χ0n) is 15.3. The average Bonchev–Trinajstić information content (AvgIpc) is 3.13. The molecule has 2 aromatic rings. The molecule has 1 aromatic carbocycles. The van der Waals surface area contributed by atoms with Gasteiger partial charge in [0.15, 0.2) is 0 Å². The third kappa shape index (κ3) is 2.76. The highest BCUT2D eigenvalue weighted by Gasteiger charge is 2.47. The van der Waals surface area contributed by atoms with Crippen molar-refractivity contribution in [2.24, 2.45) is 11.8 Å². The Balaban J connectivity index is 1.52. The molecular weight excluding hydrogens is 328 g/mol. The van der Waals surface area contributed by atoms with Gasteiger partial charge < -0.3 is 4.42 Å². The van der Waals surface area contributed by atoms with E-state index in [0.29, 0.717) is 26.1 Å². The minimum Gasteiger partial charge on any atom is -0.461 e. The molecule has 5 nitrogen and oxygen atoms in total. The van der Waals surface area contributed by atoms with Crippen LogP contribution >= 0.6 is 0 Å². The van der Waals surface area contributed by atoms with Crippen molar-refractivity contribution in [1.29, 1.82) is 0 Å². The van der Waals surface area contributed by atoms with E-state index in [1.807, 2.05) is 42.3 Å². The van der Waals surface area contributed by atoms with Crippen molar-refractivity contribution in [2.45, 2.75) is 32.7 Å². The quantitative estimate of drug-likeness (QED) is 0.612. The largest absolute Gasteiger partial charge is 0.461 e. The van der Waals surface area contributed by atoms with Gasteiger partial charge in [0.25, 0.3) is 0 Å². The number of para-hydroxylation sites is 1. The van der Waals surface area contributed by atoms with E-state index >= 15 is 0 Å². The molecule has 5 heteroatoms. The predicted octanol–water partition coefficient (Wildman–Crippen LogP) is 3.34. The first-order valence-electron chi connectivity index (χ1n) is 9.28. The van der Waals surface area contributed by atoms with Gasteiger partial charge in [0.05, 0.1) is 18.5 Å². The van der Waals surface area contributed by atoms with Gasteiger partial charge in [-0.3, -0.25) is 19.4 Å². The van der Waals surface area contributed by atoms with E-state index in [-0.39, 0.29) is 23.7 Å². The number of hydrogen-bond donors (Lipinski definition) is 0. The normalized spacial score (nSPS) is 22.7. The Morgan fingerprint density at radius 2 is 1.77 bits per heavy atom. The summed E-state index contributed by atoms with van der Waals surface area (Å²) in [4.78, 5) is 28.8. The van der Waals surface area contributed by atoms with E-state index in [0.717, 1.165) is 28.7 Å². The Kier molecular flexibility index (Phi) is 4.41. The first-order valence-corrected chi connectivity index (χ1v) is 9.28. The average molecular weight is 352 g/mol. The van der Waals surface area contributed by atoms with Gasteiger partial charge in [-0.1, -0.05) is 37.3 Å². The third-order valence-corrected chi connectivity index (χ3v) is 5.51. The van der Waals surface area contributed by atoms with Gasteiger partial charge in [0.2, 0.25) is 11.8 Å². The zero-order chi connectivity index (χ0) is 18.3. The van der Waals surface area contributed by atoms with Crippen LogP contribution in [0, 0.1) is 11.8 Å². The second-order valence-electron chi connectivity index (χ2n) is 7.27. The summed E-state index contributed by atoms with van der Waals surface area (Å²) in [5.41, 5.74) is 2.03.